The Morgan fingerprint density at radius 1 is 1.30 bits per heavy atom. The van der Waals surface area contributed by atoms with Crippen LogP contribution >= 0.6 is 12.4 Å². The molecule has 0 saturated carbocycles. The van der Waals surface area contributed by atoms with Crippen LogP contribution < -0.4 is 20.1 Å². The highest BCUT2D eigenvalue weighted by molar-refractivity contribution is 5.94. The van der Waals surface area contributed by atoms with Gasteiger partial charge in [-0.05, 0) is 43.0 Å². The van der Waals surface area contributed by atoms with Crippen molar-refractivity contribution in [2.75, 3.05) is 27.3 Å². The molecule has 1 aliphatic rings. The third-order valence-corrected chi connectivity index (χ3v) is 4.44. The Morgan fingerprint density at radius 2 is 2.00 bits per heavy atom. The zero-order valence-electron chi connectivity index (χ0n) is 14.3. The first-order chi connectivity index (χ1) is 10.5. The van der Waals surface area contributed by atoms with Gasteiger partial charge in [0.1, 0.15) is 0 Å². The molecule has 0 aromatic heterocycles. The number of rotatable bonds is 5. The number of ether oxygens (including phenoxy) is 2. The highest BCUT2D eigenvalue weighted by atomic mass is 35.5. The normalized spacial score (nSPS) is 19.4. The third kappa shape index (κ3) is 4.75. The van der Waals surface area contributed by atoms with Crippen molar-refractivity contribution in [3.05, 3.63) is 23.8 Å². The van der Waals surface area contributed by atoms with Gasteiger partial charge in [-0.15, -0.1) is 12.4 Å². The number of hydrogen-bond acceptors (Lipinski definition) is 4. The van der Waals surface area contributed by atoms with E-state index in [1.807, 2.05) is 0 Å². The van der Waals surface area contributed by atoms with Crippen molar-refractivity contribution in [2.45, 2.75) is 32.7 Å². The Bertz CT molecular complexity index is 535. The molecule has 1 amide bonds. The Hall–Kier alpha value is -1.46. The standard InChI is InChI=1S/C17H26N2O3.ClH/c1-17(2)8-5-9-18-15(17)11-19-16(20)12-6-7-13(21-3)14(10-12)22-4;/h6-7,10,15,18H,5,8-9,11H2,1-4H3,(H,19,20);1H. The summed E-state index contributed by atoms with van der Waals surface area (Å²) in [6.45, 7) is 6.12. The second-order valence-corrected chi connectivity index (χ2v) is 6.38. The van der Waals surface area contributed by atoms with Gasteiger partial charge in [-0.25, -0.2) is 0 Å². The molecule has 2 N–H and O–H groups in total. The van der Waals surface area contributed by atoms with Crippen molar-refractivity contribution < 1.29 is 14.3 Å². The van der Waals surface area contributed by atoms with E-state index in [0.29, 0.717) is 29.6 Å². The minimum Gasteiger partial charge on any atom is -0.493 e. The van der Waals surface area contributed by atoms with Gasteiger partial charge in [0.25, 0.3) is 5.91 Å². The molecule has 1 fully saturated rings. The molecule has 1 aromatic rings. The fraction of sp³-hybridized carbons (Fsp3) is 0.588. The predicted molar refractivity (Wildman–Crippen MR) is 93.9 cm³/mol. The SMILES string of the molecule is COc1ccc(C(=O)NCC2NCCCC2(C)C)cc1OC.Cl. The Kier molecular flexibility index (Phi) is 7.16. The van der Waals surface area contributed by atoms with Gasteiger partial charge >= 0.3 is 0 Å². The van der Waals surface area contributed by atoms with Gasteiger partial charge in [0.15, 0.2) is 11.5 Å². The van der Waals surface area contributed by atoms with E-state index in [1.165, 1.54) is 12.8 Å². The first kappa shape index (κ1) is 19.6. The largest absolute Gasteiger partial charge is 0.493 e. The monoisotopic (exact) mass is 342 g/mol. The molecule has 0 spiro atoms. The lowest BCUT2D eigenvalue weighted by atomic mass is 9.77. The maximum atomic E-state index is 12.3. The van der Waals surface area contributed by atoms with E-state index in [9.17, 15) is 4.79 Å². The van der Waals surface area contributed by atoms with Crippen LogP contribution in [0.2, 0.25) is 0 Å². The van der Waals surface area contributed by atoms with E-state index >= 15 is 0 Å². The Morgan fingerprint density at radius 3 is 2.61 bits per heavy atom. The summed E-state index contributed by atoms with van der Waals surface area (Å²) in [5.74, 6) is 1.09. The maximum Gasteiger partial charge on any atom is 0.251 e. The van der Waals surface area contributed by atoms with Crippen LogP contribution in [0.5, 0.6) is 11.5 Å². The molecule has 2 rings (SSSR count). The molecule has 130 valence electrons. The molecule has 0 bridgehead atoms. The quantitative estimate of drug-likeness (QED) is 0.863. The summed E-state index contributed by atoms with van der Waals surface area (Å²) in [6.07, 6.45) is 2.37. The lowest BCUT2D eigenvalue weighted by Gasteiger charge is -2.39. The van der Waals surface area contributed by atoms with Gasteiger partial charge in [-0.3, -0.25) is 4.79 Å². The zero-order valence-corrected chi connectivity index (χ0v) is 15.1. The number of nitrogens with one attached hydrogen (secondary N) is 2. The van der Waals surface area contributed by atoms with Crippen LogP contribution in [-0.2, 0) is 0 Å². The zero-order chi connectivity index (χ0) is 16.2. The molecule has 0 aliphatic carbocycles. The lowest BCUT2D eigenvalue weighted by molar-refractivity contribution is 0.0928. The number of amides is 1. The highest BCUT2D eigenvalue weighted by Crippen LogP contribution is 2.30. The summed E-state index contributed by atoms with van der Waals surface area (Å²) in [6, 6.07) is 5.49. The van der Waals surface area contributed by atoms with Gasteiger partial charge in [0, 0.05) is 18.2 Å². The third-order valence-electron chi connectivity index (χ3n) is 4.44. The van der Waals surface area contributed by atoms with Crippen LogP contribution in [0.4, 0.5) is 0 Å². The summed E-state index contributed by atoms with van der Waals surface area (Å²) in [4.78, 5) is 12.3. The fourth-order valence-corrected chi connectivity index (χ4v) is 2.89. The summed E-state index contributed by atoms with van der Waals surface area (Å²) >= 11 is 0. The Balaban J connectivity index is 0.00000264. The average molecular weight is 343 g/mol. The van der Waals surface area contributed by atoms with Gasteiger partial charge < -0.3 is 20.1 Å². The van der Waals surface area contributed by atoms with Crippen molar-refractivity contribution in [3.63, 3.8) is 0 Å². The second-order valence-electron chi connectivity index (χ2n) is 6.38. The van der Waals surface area contributed by atoms with Crippen molar-refractivity contribution in [1.29, 1.82) is 0 Å². The average Bonchev–Trinajstić information content (AvgIpc) is 2.52. The Labute approximate surface area is 144 Å². The lowest BCUT2D eigenvalue weighted by Crippen LogP contribution is -2.52. The molecule has 23 heavy (non-hydrogen) atoms. The molecule has 1 unspecified atom stereocenters. The minimum atomic E-state index is -0.0934. The molecule has 1 atom stereocenters. The van der Waals surface area contributed by atoms with E-state index in [-0.39, 0.29) is 23.7 Å². The molecular weight excluding hydrogens is 316 g/mol. The topological polar surface area (TPSA) is 59.6 Å². The van der Waals surface area contributed by atoms with Crippen molar-refractivity contribution in [2.24, 2.45) is 5.41 Å². The van der Waals surface area contributed by atoms with E-state index in [0.717, 1.165) is 6.54 Å². The number of carbonyl (C=O) groups is 1. The van der Waals surface area contributed by atoms with Crippen molar-refractivity contribution in [1.82, 2.24) is 10.6 Å². The first-order valence-corrected chi connectivity index (χ1v) is 7.71. The minimum absolute atomic E-state index is 0. The van der Waals surface area contributed by atoms with E-state index in [4.69, 9.17) is 9.47 Å². The highest BCUT2D eigenvalue weighted by Gasteiger charge is 2.32. The van der Waals surface area contributed by atoms with Crippen LogP contribution in [0.15, 0.2) is 18.2 Å². The number of halogens is 1. The number of carbonyl (C=O) groups excluding carboxylic acids is 1. The molecule has 5 nitrogen and oxygen atoms in total. The van der Waals surface area contributed by atoms with Crippen LogP contribution in [0, 0.1) is 5.41 Å². The number of methoxy groups -OCH3 is 2. The molecule has 6 heteroatoms. The second kappa shape index (κ2) is 8.41. The maximum absolute atomic E-state index is 12.3. The van der Waals surface area contributed by atoms with Crippen LogP contribution in [0.25, 0.3) is 0 Å². The van der Waals surface area contributed by atoms with Crippen molar-refractivity contribution >= 4 is 18.3 Å². The van der Waals surface area contributed by atoms with Gasteiger partial charge in [-0.1, -0.05) is 13.8 Å². The van der Waals surface area contributed by atoms with E-state index < -0.39 is 0 Å². The molecular formula is C17H27ClN2O3. The van der Waals surface area contributed by atoms with Gasteiger partial charge in [0.2, 0.25) is 0 Å². The summed E-state index contributed by atoms with van der Waals surface area (Å²) in [5.41, 5.74) is 0.773. The van der Waals surface area contributed by atoms with Crippen LogP contribution in [0.3, 0.4) is 0 Å². The smallest absolute Gasteiger partial charge is 0.251 e. The van der Waals surface area contributed by atoms with E-state index in [1.54, 1.807) is 32.4 Å². The summed E-state index contributed by atoms with van der Waals surface area (Å²) < 4.78 is 10.4. The van der Waals surface area contributed by atoms with Gasteiger partial charge in [-0.2, -0.15) is 0 Å². The molecule has 1 aromatic carbocycles. The van der Waals surface area contributed by atoms with Crippen LogP contribution in [-0.4, -0.2) is 39.3 Å². The molecule has 1 aliphatic heterocycles. The van der Waals surface area contributed by atoms with E-state index in [2.05, 4.69) is 24.5 Å². The van der Waals surface area contributed by atoms with Crippen LogP contribution in [0.1, 0.15) is 37.0 Å². The first-order valence-electron chi connectivity index (χ1n) is 7.71. The van der Waals surface area contributed by atoms with Crippen molar-refractivity contribution in [3.8, 4) is 11.5 Å². The summed E-state index contributed by atoms with van der Waals surface area (Å²) in [7, 11) is 3.14. The number of piperidine rings is 1. The van der Waals surface area contributed by atoms with Gasteiger partial charge in [0.05, 0.1) is 14.2 Å². The molecule has 0 radical (unpaired) electrons. The molecule has 1 saturated heterocycles. The predicted octanol–water partition coefficient (Wildman–Crippen LogP) is 2.63. The number of benzene rings is 1. The number of hydrogen-bond donors (Lipinski definition) is 2. The summed E-state index contributed by atoms with van der Waals surface area (Å²) in [5, 5.41) is 6.51. The fourth-order valence-electron chi connectivity index (χ4n) is 2.89. The molecule has 1 heterocycles.